The summed E-state index contributed by atoms with van der Waals surface area (Å²) in [6.45, 7) is 0. The Morgan fingerprint density at radius 3 is 2.22 bits per heavy atom. The summed E-state index contributed by atoms with van der Waals surface area (Å²) >= 11 is 2.16. The first-order valence-electron chi connectivity index (χ1n) is 8.18. The molecule has 5 nitrogen and oxygen atoms in total. The highest BCUT2D eigenvalue weighted by atomic mass is 127. The molecule has 3 rings (SSSR count). The van der Waals surface area contributed by atoms with Crippen LogP contribution in [0.2, 0.25) is 0 Å². The van der Waals surface area contributed by atoms with Crippen LogP contribution in [0, 0.1) is 3.57 Å². The van der Waals surface area contributed by atoms with E-state index in [2.05, 4.69) is 33.2 Å². The summed E-state index contributed by atoms with van der Waals surface area (Å²) in [4.78, 5) is 24.7. The minimum atomic E-state index is -0.255. The highest BCUT2D eigenvalue weighted by Gasteiger charge is 2.10. The maximum absolute atomic E-state index is 12.4. The molecule has 0 aliphatic heterocycles. The van der Waals surface area contributed by atoms with E-state index < -0.39 is 0 Å². The molecule has 2 N–H and O–H groups in total. The Morgan fingerprint density at radius 1 is 0.815 bits per heavy atom. The maximum Gasteiger partial charge on any atom is 0.255 e. The largest absolute Gasteiger partial charge is 0.495 e. The lowest BCUT2D eigenvalue weighted by molar-refractivity contribution is 0.101. The van der Waals surface area contributed by atoms with Gasteiger partial charge >= 0.3 is 0 Å². The van der Waals surface area contributed by atoms with Gasteiger partial charge in [-0.25, -0.2) is 0 Å². The lowest BCUT2D eigenvalue weighted by Crippen LogP contribution is -2.14. The van der Waals surface area contributed by atoms with Crippen LogP contribution in [0.4, 0.5) is 11.4 Å². The van der Waals surface area contributed by atoms with Gasteiger partial charge in [-0.1, -0.05) is 18.2 Å². The second-order valence-corrected chi connectivity index (χ2v) is 6.94. The molecule has 2 amide bonds. The molecule has 0 heterocycles. The third-order valence-electron chi connectivity index (χ3n) is 3.85. The highest BCUT2D eigenvalue weighted by Crippen LogP contribution is 2.24. The highest BCUT2D eigenvalue weighted by molar-refractivity contribution is 14.1. The van der Waals surface area contributed by atoms with Crippen molar-refractivity contribution in [3.63, 3.8) is 0 Å². The fraction of sp³-hybridized carbons (Fsp3) is 0.0476. The predicted octanol–water partition coefficient (Wildman–Crippen LogP) is 4.80. The van der Waals surface area contributed by atoms with E-state index in [1.165, 1.54) is 0 Å². The predicted molar refractivity (Wildman–Crippen MR) is 115 cm³/mol. The average molecular weight is 472 g/mol. The molecule has 136 valence electrons. The van der Waals surface area contributed by atoms with Gasteiger partial charge in [0.15, 0.2) is 0 Å². The summed E-state index contributed by atoms with van der Waals surface area (Å²) in [6, 6.07) is 21.2. The van der Waals surface area contributed by atoms with Crippen LogP contribution in [0.3, 0.4) is 0 Å². The molecule has 0 saturated carbocycles. The first-order valence-corrected chi connectivity index (χ1v) is 9.26. The van der Waals surface area contributed by atoms with Gasteiger partial charge in [0.2, 0.25) is 0 Å². The van der Waals surface area contributed by atoms with Gasteiger partial charge < -0.3 is 15.4 Å². The first kappa shape index (κ1) is 18.9. The molecule has 0 atom stereocenters. The second kappa shape index (κ2) is 8.68. The Labute approximate surface area is 170 Å². The van der Waals surface area contributed by atoms with Crippen LogP contribution in [0.1, 0.15) is 20.7 Å². The van der Waals surface area contributed by atoms with Crippen molar-refractivity contribution in [1.82, 2.24) is 0 Å². The lowest BCUT2D eigenvalue weighted by Gasteiger charge is -2.10. The summed E-state index contributed by atoms with van der Waals surface area (Å²) in [5, 5.41) is 5.64. The Hall–Kier alpha value is -2.87. The minimum Gasteiger partial charge on any atom is -0.495 e. The maximum atomic E-state index is 12.4. The molecular formula is C21H17IN2O3. The van der Waals surface area contributed by atoms with Crippen LogP contribution < -0.4 is 15.4 Å². The number of halogens is 1. The molecule has 0 aliphatic carbocycles. The Kier molecular flexibility index (Phi) is 6.08. The Bertz CT molecular complexity index is 971. The van der Waals surface area contributed by atoms with Gasteiger partial charge in [-0.3, -0.25) is 9.59 Å². The van der Waals surface area contributed by atoms with Crippen LogP contribution >= 0.6 is 22.6 Å². The number of hydrogen-bond donors (Lipinski definition) is 2. The molecule has 0 unspecified atom stereocenters. The Balaban J connectivity index is 1.68. The van der Waals surface area contributed by atoms with Crippen molar-refractivity contribution in [3.05, 3.63) is 87.5 Å². The lowest BCUT2D eigenvalue weighted by atomic mass is 10.1. The average Bonchev–Trinajstić information content (AvgIpc) is 2.69. The smallest absolute Gasteiger partial charge is 0.255 e. The molecule has 0 saturated heterocycles. The third kappa shape index (κ3) is 4.85. The van der Waals surface area contributed by atoms with E-state index in [4.69, 9.17) is 4.74 Å². The van der Waals surface area contributed by atoms with E-state index in [1.807, 2.05) is 30.3 Å². The SMILES string of the molecule is COc1ccccc1NC(=O)c1ccc(NC(=O)c2cccc(I)c2)cc1. The number of para-hydroxylation sites is 2. The Morgan fingerprint density at radius 2 is 1.52 bits per heavy atom. The van der Waals surface area contributed by atoms with Gasteiger partial charge in [0, 0.05) is 20.4 Å². The van der Waals surface area contributed by atoms with Crippen LogP contribution in [0.25, 0.3) is 0 Å². The van der Waals surface area contributed by atoms with Gasteiger partial charge in [-0.05, 0) is 77.2 Å². The molecule has 0 fully saturated rings. The summed E-state index contributed by atoms with van der Waals surface area (Å²) in [5.41, 5.74) is 2.28. The van der Waals surface area contributed by atoms with Gasteiger partial charge in [-0.15, -0.1) is 0 Å². The molecule has 0 bridgehead atoms. The zero-order chi connectivity index (χ0) is 19.2. The van der Waals surface area contributed by atoms with Gasteiger partial charge in [0.05, 0.1) is 12.8 Å². The zero-order valence-corrected chi connectivity index (χ0v) is 16.7. The number of rotatable bonds is 5. The van der Waals surface area contributed by atoms with E-state index in [9.17, 15) is 9.59 Å². The molecule has 0 radical (unpaired) electrons. The number of methoxy groups -OCH3 is 1. The van der Waals surface area contributed by atoms with E-state index in [0.29, 0.717) is 28.3 Å². The second-order valence-electron chi connectivity index (χ2n) is 5.70. The van der Waals surface area contributed by atoms with Crippen molar-refractivity contribution in [2.45, 2.75) is 0 Å². The third-order valence-corrected chi connectivity index (χ3v) is 4.52. The molecule has 3 aromatic rings. The van der Waals surface area contributed by atoms with Gasteiger partial charge in [0.1, 0.15) is 5.75 Å². The molecule has 6 heteroatoms. The van der Waals surface area contributed by atoms with Crippen molar-refractivity contribution in [2.75, 3.05) is 17.7 Å². The standard InChI is InChI=1S/C21H17IN2O3/c1-27-19-8-3-2-7-18(19)24-20(25)14-9-11-17(12-10-14)23-21(26)15-5-4-6-16(22)13-15/h2-13H,1H3,(H,23,26)(H,24,25). The normalized spacial score (nSPS) is 10.1. The first-order chi connectivity index (χ1) is 13.1. The van der Waals surface area contributed by atoms with E-state index in [-0.39, 0.29) is 11.8 Å². The summed E-state index contributed by atoms with van der Waals surface area (Å²) in [7, 11) is 1.55. The van der Waals surface area contributed by atoms with E-state index >= 15 is 0 Å². The van der Waals surface area contributed by atoms with E-state index in [1.54, 1.807) is 49.6 Å². The van der Waals surface area contributed by atoms with Gasteiger partial charge in [-0.2, -0.15) is 0 Å². The summed E-state index contributed by atoms with van der Waals surface area (Å²) in [6.07, 6.45) is 0. The number of nitrogens with one attached hydrogen (secondary N) is 2. The quantitative estimate of drug-likeness (QED) is 0.525. The fourth-order valence-electron chi connectivity index (χ4n) is 2.48. The molecular weight excluding hydrogens is 455 g/mol. The molecule has 3 aromatic carbocycles. The number of carbonyl (C=O) groups excluding carboxylic acids is 2. The number of ether oxygens (including phenoxy) is 1. The van der Waals surface area contributed by atoms with Crippen molar-refractivity contribution in [3.8, 4) is 5.75 Å². The summed E-state index contributed by atoms with van der Waals surface area (Å²) < 4.78 is 6.22. The molecule has 0 spiro atoms. The van der Waals surface area contributed by atoms with Crippen LogP contribution in [0.15, 0.2) is 72.8 Å². The van der Waals surface area contributed by atoms with Gasteiger partial charge in [0.25, 0.3) is 11.8 Å². The number of carbonyl (C=O) groups is 2. The monoisotopic (exact) mass is 472 g/mol. The number of hydrogen-bond acceptors (Lipinski definition) is 3. The van der Waals surface area contributed by atoms with E-state index in [0.717, 1.165) is 3.57 Å². The number of benzene rings is 3. The van der Waals surface area contributed by atoms with Crippen molar-refractivity contribution >= 4 is 45.8 Å². The van der Waals surface area contributed by atoms with Crippen LogP contribution in [-0.4, -0.2) is 18.9 Å². The number of anilines is 2. The topological polar surface area (TPSA) is 67.4 Å². The molecule has 0 aromatic heterocycles. The van der Waals surface area contributed by atoms with Crippen molar-refractivity contribution in [2.24, 2.45) is 0 Å². The molecule has 27 heavy (non-hydrogen) atoms. The number of amides is 2. The van der Waals surface area contributed by atoms with Crippen LogP contribution in [-0.2, 0) is 0 Å². The minimum absolute atomic E-state index is 0.195. The zero-order valence-electron chi connectivity index (χ0n) is 14.5. The van der Waals surface area contributed by atoms with Crippen molar-refractivity contribution < 1.29 is 14.3 Å². The summed E-state index contributed by atoms with van der Waals surface area (Å²) in [5.74, 6) is 0.141. The van der Waals surface area contributed by atoms with Crippen molar-refractivity contribution in [1.29, 1.82) is 0 Å². The molecule has 0 aliphatic rings. The van der Waals surface area contributed by atoms with Crippen LogP contribution in [0.5, 0.6) is 5.75 Å². The fourth-order valence-corrected chi connectivity index (χ4v) is 3.02.